The summed E-state index contributed by atoms with van der Waals surface area (Å²) >= 11 is 1.72. The molecule has 0 unspecified atom stereocenters. The van der Waals surface area contributed by atoms with Crippen molar-refractivity contribution in [1.29, 1.82) is 0 Å². The van der Waals surface area contributed by atoms with Gasteiger partial charge >= 0.3 is 0 Å². The molecule has 2 rings (SSSR count). The highest BCUT2D eigenvalue weighted by molar-refractivity contribution is 7.18. The predicted octanol–water partition coefficient (Wildman–Crippen LogP) is 3.01. The second-order valence-electron chi connectivity index (χ2n) is 4.23. The zero-order valence-electron chi connectivity index (χ0n) is 11.1. The third-order valence-electron chi connectivity index (χ3n) is 2.63. The molecule has 0 fully saturated rings. The lowest BCUT2D eigenvalue weighted by Crippen LogP contribution is -2.07. The monoisotopic (exact) mass is 265 g/mol. The third-order valence-corrected chi connectivity index (χ3v) is 3.58. The molecule has 0 atom stereocenters. The van der Waals surface area contributed by atoms with Gasteiger partial charge in [-0.2, -0.15) is 0 Å². The molecule has 0 saturated carbocycles. The van der Waals surface area contributed by atoms with Crippen LogP contribution in [0.25, 0.3) is 10.2 Å². The standard InChI is InChI=1S/C13H19N3OS/c1-4-6-14-12-10-8-9(2)18-13(10)16-11(15-12)5-7-17-3/h8H,4-7H2,1-3H3,(H,14,15,16). The van der Waals surface area contributed by atoms with Crippen LogP contribution in [0.1, 0.15) is 24.0 Å². The summed E-state index contributed by atoms with van der Waals surface area (Å²) in [5, 5.41) is 4.51. The van der Waals surface area contributed by atoms with Crippen LogP contribution in [0, 0.1) is 6.92 Å². The number of anilines is 1. The summed E-state index contributed by atoms with van der Waals surface area (Å²) in [5.41, 5.74) is 0. The SMILES string of the molecule is CCCNc1nc(CCOC)nc2sc(C)cc12. The zero-order chi connectivity index (χ0) is 13.0. The summed E-state index contributed by atoms with van der Waals surface area (Å²) in [4.78, 5) is 11.5. The molecule has 0 radical (unpaired) electrons. The summed E-state index contributed by atoms with van der Waals surface area (Å²) in [5.74, 6) is 1.81. The van der Waals surface area contributed by atoms with Crippen molar-refractivity contribution in [3.63, 3.8) is 0 Å². The molecule has 0 saturated heterocycles. The van der Waals surface area contributed by atoms with Gasteiger partial charge in [0.2, 0.25) is 0 Å². The minimum atomic E-state index is 0.656. The first-order valence-corrected chi connectivity index (χ1v) is 7.06. The molecule has 1 N–H and O–H groups in total. The summed E-state index contributed by atoms with van der Waals surface area (Å²) in [6.45, 7) is 5.84. The molecule has 0 bridgehead atoms. The predicted molar refractivity (Wildman–Crippen MR) is 76.5 cm³/mol. The third kappa shape index (κ3) is 2.97. The zero-order valence-corrected chi connectivity index (χ0v) is 11.9. The number of ether oxygens (including phenoxy) is 1. The van der Waals surface area contributed by atoms with Crippen molar-refractivity contribution < 1.29 is 4.74 Å². The Labute approximate surface area is 111 Å². The second kappa shape index (κ2) is 6.11. The Bertz CT molecular complexity index is 524. The molecular weight excluding hydrogens is 246 g/mol. The first-order chi connectivity index (χ1) is 8.74. The molecule has 0 aliphatic rings. The molecule has 0 aliphatic carbocycles. The summed E-state index contributed by atoms with van der Waals surface area (Å²) in [6.07, 6.45) is 1.84. The van der Waals surface area contributed by atoms with Crippen LogP contribution < -0.4 is 5.32 Å². The number of thiophene rings is 1. The van der Waals surface area contributed by atoms with E-state index < -0.39 is 0 Å². The fourth-order valence-electron chi connectivity index (χ4n) is 1.77. The van der Waals surface area contributed by atoms with Crippen LogP contribution in [0.5, 0.6) is 0 Å². The van der Waals surface area contributed by atoms with Gasteiger partial charge in [0.15, 0.2) is 0 Å². The van der Waals surface area contributed by atoms with Crippen LogP contribution in [0.4, 0.5) is 5.82 Å². The maximum absolute atomic E-state index is 5.09. The largest absolute Gasteiger partial charge is 0.384 e. The van der Waals surface area contributed by atoms with Crippen LogP contribution in [-0.4, -0.2) is 30.2 Å². The first-order valence-electron chi connectivity index (χ1n) is 6.24. The Morgan fingerprint density at radius 1 is 1.39 bits per heavy atom. The van der Waals surface area contributed by atoms with Gasteiger partial charge in [-0.05, 0) is 19.4 Å². The number of nitrogens with zero attached hydrogens (tertiary/aromatic N) is 2. The van der Waals surface area contributed by atoms with E-state index in [1.165, 1.54) is 4.88 Å². The molecule has 0 aromatic carbocycles. The topological polar surface area (TPSA) is 47.0 Å². The smallest absolute Gasteiger partial charge is 0.138 e. The number of fused-ring (bicyclic) bond motifs is 1. The van der Waals surface area contributed by atoms with Crippen molar-refractivity contribution in [3.8, 4) is 0 Å². The van der Waals surface area contributed by atoms with Gasteiger partial charge in [-0.25, -0.2) is 9.97 Å². The van der Waals surface area contributed by atoms with E-state index in [0.29, 0.717) is 6.61 Å². The lowest BCUT2D eigenvalue weighted by atomic mass is 10.3. The van der Waals surface area contributed by atoms with Gasteiger partial charge < -0.3 is 10.1 Å². The average molecular weight is 265 g/mol. The van der Waals surface area contributed by atoms with Gasteiger partial charge in [0.05, 0.1) is 12.0 Å². The van der Waals surface area contributed by atoms with Crippen LogP contribution in [0.2, 0.25) is 0 Å². The normalized spacial score (nSPS) is 11.1. The molecule has 18 heavy (non-hydrogen) atoms. The maximum atomic E-state index is 5.09. The van der Waals surface area contributed by atoms with Crippen LogP contribution in [0.3, 0.4) is 0 Å². The van der Waals surface area contributed by atoms with Crippen molar-refractivity contribution in [2.45, 2.75) is 26.7 Å². The van der Waals surface area contributed by atoms with E-state index in [9.17, 15) is 0 Å². The Morgan fingerprint density at radius 3 is 2.94 bits per heavy atom. The van der Waals surface area contributed by atoms with Crippen molar-refractivity contribution in [2.24, 2.45) is 0 Å². The molecule has 4 nitrogen and oxygen atoms in total. The number of aromatic nitrogens is 2. The molecule has 2 heterocycles. The van der Waals surface area contributed by atoms with E-state index in [2.05, 4.69) is 35.2 Å². The molecule has 0 amide bonds. The number of nitrogens with one attached hydrogen (secondary N) is 1. The van der Waals surface area contributed by atoms with Gasteiger partial charge in [0, 0.05) is 25.0 Å². The van der Waals surface area contributed by atoms with Gasteiger partial charge in [-0.3, -0.25) is 0 Å². The molecular formula is C13H19N3OS. The fraction of sp³-hybridized carbons (Fsp3) is 0.538. The molecule has 2 aromatic rings. The minimum Gasteiger partial charge on any atom is -0.384 e. The molecule has 0 aliphatic heterocycles. The lowest BCUT2D eigenvalue weighted by Gasteiger charge is -2.07. The summed E-state index contributed by atoms with van der Waals surface area (Å²) in [7, 11) is 1.70. The van der Waals surface area contributed by atoms with E-state index in [4.69, 9.17) is 4.74 Å². The van der Waals surface area contributed by atoms with Crippen LogP contribution in [0.15, 0.2) is 6.07 Å². The average Bonchev–Trinajstić information content (AvgIpc) is 2.73. The fourth-order valence-corrected chi connectivity index (χ4v) is 2.67. The molecule has 0 spiro atoms. The molecule has 98 valence electrons. The highest BCUT2D eigenvalue weighted by Gasteiger charge is 2.10. The van der Waals surface area contributed by atoms with Crippen LogP contribution >= 0.6 is 11.3 Å². The van der Waals surface area contributed by atoms with Gasteiger partial charge in [0.1, 0.15) is 16.5 Å². The van der Waals surface area contributed by atoms with Crippen molar-refractivity contribution in [2.75, 3.05) is 25.6 Å². The minimum absolute atomic E-state index is 0.656. The Hall–Kier alpha value is -1.20. The van der Waals surface area contributed by atoms with E-state index in [1.807, 2.05) is 0 Å². The van der Waals surface area contributed by atoms with Crippen molar-refractivity contribution >= 4 is 27.4 Å². The summed E-state index contributed by atoms with van der Waals surface area (Å²) in [6, 6.07) is 2.15. The number of aryl methyl sites for hydroxylation is 1. The number of methoxy groups -OCH3 is 1. The maximum Gasteiger partial charge on any atom is 0.138 e. The number of rotatable bonds is 6. The Kier molecular flexibility index (Phi) is 4.49. The molecule has 2 aromatic heterocycles. The van der Waals surface area contributed by atoms with E-state index in [0.717, 1.165) is 41.2 Å². The second-order valence-corrected chi connectivity index (χ2v) is 5.47. The molecule has 5 heteroatoms. The van der Waals surface area contributed by atoms with E-state index in [1.54, 1.807) is 18.4 Å². The lowest BCUT2D eigenvalue weighted by molar-refractivity contribution is 0.200. The summed E-state index contributed by atoms with van der Waals surface area (Å²) < 4.78 is 5.09. The van der Waals surface area contributed by atoms with E-state index in [-0.39, 0.29) is 0 Å². The van der Waals surface area contributed by atoms with Gasteiger partial charge in [0.25, 0.3) is 0 Å². The van der Waals surface area contributed by atoms with Crippen molar-refractivity contribution in [3.05, 3.63) is 16.8 Å². The highest BCUT2D eigenvalue weighted by Crippen LogP contribution is 2.28. The number of hydrogen-bond acceptors (Lipinski definition) is 5. The van der Waals surface area contributed by atoms with Crippen LogP contribution in [-0.2, 0) is 11.2 Å². The van der Waals surface area contributed by atoms with Crippen molar-refractivity contribution in [1.82, 2.24) is 9.97 Å². The Balaban J connectivity index is 2.36. The highest BCUT2D eigenvalue weighted by atomic mass is 32.1. The number of hydrogen-bond donors (Lipinski definition) is 1. The first kappa shape index (κ1) is 13.2. The quantitative estimate of drug-likeness (QED) is 0.872. The van der Waals surface area contributed by atoms with Gasteiger partial charge in [-0.1, -0.05) is 6.92 Å². The van der Waals surface area contributed by atoms with Gasteiger partial charge in [-0.15, -0.1) is 11.3 Å². The Morgan fingerprint density at radius 2 is 2.22 bits per heavy atom. The van der Waals surface area contributed by atoms with E-state index >= 15 is 0 Å².